The topological polar surface area (TPSA) is 42.0 Å². The van der Waals surface area contributed by atoms with Crippen LogP contribution in [-0.4, -0.2) is 17.1 Å². The number of thioether (sulfide) groups is 1. The summed E-state index contributed by atoms with van der Waals surface area (Å²) in [7, 11) is 0. The summed E-state index contributed by atoms with van der Waals surface area (Å²) in [5, 5.41) is 4.99. The lowest BCUT2D eigenvalue weighted by Gasteiger charge is -2.07. The molecule has 116 valence electrons. The molecule has 0 saturated carbocycles. The number of rotatable bonds is 5. The van der Waals surface area contributed by atoms with Gasteiger partial charge in [0.25, 0.3) is 5.91 Å². The Balaban J connectivity index is 1.65. The fourth-order valence-corrected chi connectivity index (χ4v) is 3.27. The van der Waals surface area contributed by atoms with E-state index in [1.165, 1.54) is 0 Å². The Bertz CT molecular complexity index is 783. The van der Waals surface area contributed by atoms with Crippen LogP contribution in [-0.2, 0) is 6.54 Å². The highest BCUT2D eigenvalue weighted by atomic mass is 32.2. The van der Waals surface area contributed by atoms with Gasteiger partial charge in [-0.05, 0) is 59.7 Å². The fraction of sp³-hybridized carbons (Fsp3) is 0.111. The number of nitrogens with zero attached hydrogens (tertiary/aromatic N) is 1. The molecule has 0 atom stereocenters. The highest BCUT2D eigenvalue weighted by Gasteiger charge is 2.06. The van der Waals surface area contributed by atoms with Gasteiger partial charge < -0.3 is 5.32 Å². The van der Waals surface area contributed by atoms with Crippen LogP contribution < -0.4 is 5.32 Å². The monoisotopic (exact) mass is 340 g/mol. The van der Waals surface area contributed by atoms with Crippen molar-refractivity contribution in [2.24, 2.45) is 0 Å². The molecule has 0 aliphatic rings. The zero-order valence-corrected chi connectivity index (χ0v) is 14.3. The minimum Gasteiger partial charge on any atom is -0.348 e. The molecule has 2 aromatic heterocycles. The van der Waals surface area contributed by atoms with Crippen molar-refractivity contribution in [2.75, 3.05) is 6.26 Å². The van der Waals surface area contributed by atoms with Crippen LogP contribution in [0.4, 0.5) is 0 Å². The SMILES string of the molecule is CSc1ccc(C(=O)NCc2ccnc(-c3cccs3)c2)cc1. The first-order valence-electron chi connectivity index (χ1n) is 7.17. The number of hydrogen-bond acceptors (Lipinski definition) is 4. The lowest BCUT2D eigenvalue weighted by atomic mass is 10.2. The van der Waals surface area contributed by atoms with E-state index in [1.54, 1.807) is 29.3 Å². The van der Waals surface area contributed by atoms with Gasteiger partial charge in [0.15, 0.2) is 0 Å². The summed E-state index contributed by atoms with van der Waals surface area (Å²) in [5.74, 6) is -0.0628. The molecule has 0 saturated heterocycles. The Hall–Kier alpha value is -2.11. The normalized spacial score (nSPS) is 10.5. The molecule has 0 spiro atoms. The van der Waals surface area contributed by atoms with Crippen molar-refractivity contribution in [1.29, 1.82) is 0 Å². The van der Waals surface area contributed by atoms with Gasteiger partial charge >= 0.3 is 0 Å². The third kappa shape index (κ3) is 4.00. The summed E-state index contributed by atoms with van der Waals surface area (Å²) >= 11 is 3.32. The van der Waals surface area contributed by atoms with E-state index in [-0.39, 0.29) is 5.91 Å². The molecular formula is C18H16N2OS2. The predicted molar refractivity (Wildman–Crippen MR) is 96.9 cm³/mol. The van der Waals surface area contributed by atoms with Gasteiger partial charge in [0.05, 0.1) is 10.6 Å². The Morgan fingerprint density at radius 3 is 2.74 bits per heavy atom. The molecule has 1 amide bonds. The zero-order chi connectivity index (χ0) is 16.1. The summed E-state index contributed by atoms with van der Waals surface area (Å²) in [6, 6.07) is 15.6. The molecule has 0 aliphatic carbocycles. The lowest BCUT2D eigenvalue weighted by molar-refractivity contribution is 0.0951. The van der Waals surface area contributed by atoms with Crippen molar-refractivity contribution in [3.8, 4) is 10.6 Å². The highest BCUT2D eigenvalue weighted by Crippen LogP contribution is 2.23. The van der Waals surface area contributed by atoms with Crippen LogP contribution in [0.3, 0.4) is 0 Å². The van der Waals surface area contributed by atoms with Crippen LogP contribution in [0, 0.1) is 0 Å². The first-order valence-corrected chi connectivity index (χ1v) is 9.28. The molecule has 1 aromatic carbocycles. The molecule has 0 radical (unpaired) electrons. The third-order valence-electron chi connectivity index (χ3n) is 3.40. The summed E-state index contributed by atoms with van der Waals surface area (Å²) in [6.07, 6.45) is 3.80. The van der Waals surface area contributed by atoms with Gasteiger partial charge in [-0.3, -0.25) is 9.78 Å². The number of thiophene rings is 1. The largest absolute Gasteiger partial charge is 0.348 e. The molecule has 0 aliphatic heterocycles. The molecule has 23 heavy (non-hydrogen) atoms. The molecule has 2 heterocycles. The number of benzene rings is 1. The van der Waals surface area contributed by atoms with Crippen LogP contribution in [0.25, 0.3) is 10.6 Å². The quantitative estimate of drug-likeness (QED) is 0.697. The second kappa shape index (κ2) is 7.44. The molecule has 0 bridgehead atoms. The van der Waals surface area contributed by atoms with Gasteiger partial charge in [0.2, 0.25) is 0 Å². The molecule has 1 N–H and O–H groups in total. The van der Waals surface area contributed by atoms with Gasteiger partial charge in [0, 0.05) is 23.2 Å². The summed E-state index contributed by atoms with van der Waals surface area (Å²) in [6.45, 7) is 0.490. The van der Waals surface area contributed by atoms with Crippen LogP contribution in [0.2, 0.25) is 0 Å². The van der Waals surface area contributed by atoms with Crippen LogP contribution in [0.1, 0.15) is 15.9 Å². The van der Waals surface area contributed by atoms with E-state index in [4.69, 9.17) is 0 Å². The molecule has 0 unspecified atom stereocenters. The first kappa shape index (κ1) is 15.8. The van der Waals surface area contributed by atoms with Crippen molar-refractivity contribution in [1.82, 2.24) is 10.3 Å². The summed E-state index contributed by atoms with van der Waals surface area (Å²) < 4.78 is 0. The molecule has 5 heteroatoms. The lowest BCUT2D eigenvalue weighted by Crippen LogP contribution is -2.22. The Kier molecular flexibility index (Phi) is 5.10. The number of carbonyl (C=O) groups excluding carboxylic acids is 1. The van der Waals surface area contributed by atoms with Crippen molar-refractivity contribution in [3.05, 3.63) is 71.2 Å². The maximum Gasteiger partial charge on any atom is 0.251 e. The number of hydrogen-bond donors (Lipinski definition) is 1. The second-order valence-corrected chi connectivity index (χ2v) is 6.77. The van der Waals surface area contributed by atoms with Crippen molar-refractivity contribution in [3.63, 3.8) is 0 Å². The third-order valence-corrected chi connectivity index (χ3v) is 5.04. The van der Waals surface area contributed by atoms with Crippen molar-refractivity contribution in [2.45, 2.75) is 11.4 Å². The molecule has 3 nitrogen and oxygen atoms in total. The first-order chi connectivity index (χ1) is 11.3. The molecule has 3 rings (SSSR count). The smallest absolute Gasteiger partial charge is 0.251 e. The van der Waals surface area contributed by atoms with Gasteiger partial charge in [-0.25, -0.2) is 0 Å². The number of amides is 1. The molecule has 3 aromatic rings. The Labute approximate surface area is 143 Å². The van der Waals surface area contributed by atoms with Gasteiger partial charge in [-0.2, -0.15) is 0 Å². The minimum absolute atomic E-state index is 0.0628. The van der Waals surface area contributed by atoms with E-state index < -0.39 is 0 Å². The van der Waals surface area contributed by atoms with Gasteiger partial charge in [0.1, 0.15) is 0 Å². The number of pyridine rings is 1. The maximum atomic E-state index is 12.2. The van der Waals surface area contributed by atoms with Gasteiger partial charge in [-0.1, -0.05) is 6.07 Å². The van der Waals surface area contributed by atoms with Crippen LogP contribution >= 0.6 is 23.1 Å². The van der Waals surface area contributed by atoms with Crippen LogP contribution in [0.5, 0.6) is 0 Å². The van der Waals surface area contributed by atoms with E-state index in [1.807, 2.05) is 60.2 Å². The average molecular weight is 340 g/mol. The van der Waals surface area contributed by atoms with E-state index >= 15 is 0 Å². The minimum atomic E-state index is -0.0628. The predicted octanol–water partition coefficient (Wildman–Crippen LogP) is 4.46. The fourth-order valence-electron chi connectivity index (χ4n) is 2.17. The summed E-state index contributed by atoms with van der Waals surface area (Å²) in [4.78, 5) is 18.9. The number of aromatic nitrogens is 1. The molecular weight excluding hydrogens is 324 g/mol. The summed E-state index contributed by atoms with van der Waals surface area (Å²) in [5.41, 5.74) is 2.66. The van der Waals surface area contributed by atoms with Crippen molar-refractivity contribution >= 4 is 29.0 Å². The number of carbonyl (C=O) groups is 1. The second-order valence-electron chi connectivity index (χ2n) is 4.94. The Morgan fingerprint density at radius 1 is 1.22 bits per heavy atom. The standard InChI is InChI=1S/C18H16N2OS2/c1-22-15-6-4-14(5-7-15)18(21)20-12-13-8-9-19-16(11-13)17-3-2-10-23-17/h2-11H,12H2,1H3,(H,20,21). The molecule has 0 fully saturated rings. The highest BCUT2D eigenvalue weighted by molar-refractivity contribution is 7.98. The Morgan fingerprint density at radius 2 is 2.04 bits per heavy atom. The average Bonchev–Trinajstić information content (AvgIpc) is 3.15. The number of nitrogens with one attached hydrogen (secondary N) is 1. The maximum absolute atomic E-state index is 12.2. The van der Waals surface area contributed by atoms with E-state index in [0.717, 1.165) is 21.0 Å². The van der Waals surface area contributed by atoms with Crippen molar-refractivity contribution < 1.29 is 4.79 Å². The van der Waals surface area contributed by atoms with Crippen LogP contribution in [0.15, 0.2) is 65.0 Å². The van der Waals surface area contributed by atoms with E-state index in [2.05, 4.69) is 10.3 Å². The van der Waals surface area contributed by atoms with E-state index in [9.17, 15) is 4.79 Å². The zero-order valence-electron chi connectivity index (χ0n) is 12.7. The van der Waals surface area contributed by atoms with Gasteiger partial charge in [-0.15, -0.1) is 23.1 Å². The van der Waals surface area contributed by atoms with E-state index in [0.29, 0.717) is 12.1 Å².